The standard InChI is InChI=1S/C9H17N3.C8H15N3.2CH4/c1-6(2)9-8(5)10-11-12(9)7(3)4;1-6(2)8-5-9-10-11(8)7(3)4;;/h6-7H,1-5H3;5-7H,1-4H3;2*1H4. The van der Waals surface area contributed by atoms with Crippen molar-refractivity contribution in [2.75, 3.05) is 0 Å². The molecular weight excluding hydrogens is 312 g/mol. The van der Waals surface area contributed by atoms with Gasteiger partial charge in [0.05, 0.1) is 23.3 Å². The van der Waals surface area contributed by atoms with Gasteiger partial charge in [0.25, 0.3) is 0 Å². The fraction of sp³-hybridized carbons (Fsp3) is 0.789. The molecule has 0 aliphatic rings. The average Bonchev–Trinajstić information content (AvgIpc) is 3.04. The van der Waals surface area contributed by atoms with E-state index in [-0.39, 0.29) is 14.9 Å². The molecule has 146 valence electrons. The van der Waals surface area contributed by atoms with Crippen molar-refractivity contribution in [3.63, 3.8) is 0 Å². The van der Waals surface area contributed by atoms with E-state index in [2.05, 4.69) is 76.0 Å². The summed E-state index contributed by atoms with van der Waals surface area (Å²) in [4.78, 5) is 0. The SMILES string of the molecule is C.C.CC(C)c1cnnn1C(C)C.Cc1nnn(C(C)C)c1C(C)C. The van der Waals surface area contributed by atoms with Gasteiger partial charge in [-0.25, -0.2) is 9.36 Å². The molecule has 0 saturated carbocycles. The van der Waals surface area contributed by atoms with Gasteiger partial charge in [0, 0.05) is 12.1 Å². The number of hydrogen-bond acceptors (Lipinski definition) is 4. The van der Waals surface area contributed by atoms with Crippen LogP contribution in [0.2, 0.25) is 0 Å². The van der Waals surface area contributed by atoms with Gasteiger partial charge in [-0.1, -0.05) is 53.0 Å². The highest BCUT2D eigenvalue weighted by molar-refractivity contribution is 5.12. The normalized spacial score (nSPS) is 10.6. The Balaban J connectivity index is 0. The molecule has 25 heavy (non-hydrogen) atoms. The molecule has 0 aliphatic heterocycles. The number of aryl methyl sites for hydroxylation is 1. The summed E-state index contributed by atoms with van der Waals surface area (Å²) in [6, 6.07) is 0.818. The van der Waals surface area contributed by atoms with Gasteiger partial charge in [0.1, 0.15) is 0 Å². The predicted octanol–water partition coefficient (Wildman–Crippen LogP) is 5.55. The van der Waals surface area contributed by atoms with E-state index in [9.17, 15) is 0 Å². The monoisotopic (exact) mass is 352 g/mol. The molecule has 2 rings (SSSR count). The minimum atomic E-state index is 0. The van der Waals surface area contributed by atoms with Crippen LogP contribution in [0.5, 0.6) is 0 Å². The number of rotatable bonds is 4. The number of nitrogens with zero attached hydrogens (tertiary/aromatic N) is 6. The fourth-order valence-electron chi connectivity index (χ4n) is 2.51. The van der Waals surface area contributed by atoms with Crippen LogP contribution in [0.25, 0.3) is 0 Å². The summed E-state index contributed by atoms with van der Waals surface area (Å²) in [6.07, 6.45) is 1.84. The molecule has 2 heterocycles. The van der Waals surface area contributed by atoms with E-state index >= 15 is 0 Å². The van der Waals surface area contributed by atoms with Crippen molar-refractivity contribution in [2.45, 2.75) is 101 Å². The van der Waals surface area contributed by atoms with E-state index < -0.39 is 0 Å². The molecule has 2 aromatic heterocycles. The van der Waals surface area contributed by atoms with Crippen LogP contribution in [-0.2, 0) is 0 Å². The Hall–Kier alpha value is -1.72. The van der Waals surface area contributed by atoms with Crippen molar-refractivity contribution >= 4 is 0 Å². The molecule has 0 spiro atoms. The van der Waals surface area contributed by atoms with Crippen molar-refractivity contribution in [1.29, 1.82) is 0 Å². The van der Waals surface area contributed by atoms with Gasteiger partial charge in [-0.2, -0.15) is 0 Å². The molecule has 0 saturated heterocycles. The summed E-state index contributed by atoms with van der Waals surface area (Å²) in [5.74, 6) is 1.01. The number of aromatic nitrogens is 6. The molecule has 6 heteroatoms. The highest BCUT2D eigenvalue weighted by Gasteiger charge is 2.14. The van der Waals surface area contributed by atoms with Crippen molar-refractivity contribution in [1.82, 2.24) is 30.0 Å². The lowest BCUT2D eigenvalue weighted by molar-refractivity contribution is 0.484. The lowest BCUT2D eigenvalue weighted by atomic mass is 10.1. The van der Waals surface area contributed by atoms with Gasteiger partial charge in [-0.05, 0) is 46.5 Å². The molecule has 0 unspecified atom stereocenters. The summed E-state index contributed by atoms with van der Waals surface area (Å²) < 4.78 is 3.96. The van der Waals surface area contributed by atoms with Crippen LogP contribution in [0.4, 0.5) is 0 Å². The van der Waals surface area contributed by atoms with Crippen LogP contribution in [0.1, 0.15) is 111 Å². The van der Waals surface area contributed by atoms with Crippen LogP contribution in [0.15, 0.2) is 6.20 Å². The Labute approximate surface area is 155 Å². The second-order valence-electron chi connectivity index (χ2n) is 7.11. The Morgan fingerprint density at radius 2 is 1.28 bits per heavy atom. The lowest BCUT2D eigenvalue weighted by Gasteiger charge is -2.12. The third-order valence-corrected chi connectivity index (χ3v) is 3.63. The highest BCUT2D eigenvalue weighted by atomic mass is 15.4. The zero-order valence-electron chi connectivity index (χ0n) is 16.1. The van der Waals surface area contributed by atoms with E-state index in [1.807, 2.05) is 22.5 Å². The van der Waals surface area contributed by atoms with Gasteiger partial charge in [-0.15, -0.1) is 10.2 Å². The van der Waals surface area contributed by atoms with E-state index in [1.54, 1.807) is 0 Å². The third-order valence-electron chi connectivity index (χ3n) is 3.63. The lowest BCUT2D eigenvalue weighted by Crippen LogP contribution is -2.09. The topological polar surface area (TPSA) is 61.4 Å². The molecular formula is C19H40N6. The quantitative estimate of drug-likeness (QED) is 0.724. The van der Waals surface area contributed by atoms with Crippen LogP contribution in [0, 0.1) is 6.92 Å². The fourth-order valence-corrected chi connectivity index (χ4v) is 2.51. The second kappa shape index (κ2) is 11.0. The van der Waals surface area contributed by atoms with Crippen LogP contribution < -0.4 is 0 Å². The Morgan fingerprint density at radius 3 is 1.60 bits per heavy atom. The first-order valence-electron chi connectivity index (χ1n) is 8.48. The predicted molar refractivity (Wildman–Crippen MR) is 107 cm³/mol. The Kier molecular flexibility index (Phi) is 11.2. The van der Waals surface area contributed by atoms with E-state index in [0.717, 1.165) is 5.69 Å². The minimum Gasteiger partial charge on any atom is -0.247 e. The maximum atomic E-state index is 4.10. The summed E-state index contributed by atoms with van der Waals surface area (Å²) in [5, 5.41) is 16.1. The molecule has 0 radical (unpaired) electrons. The van der Waals surface area contributed by atoms with Crippen molar-refractivity contribution in [3.05, 3.63) is 23.3 Å². The number of hydrogen-bond donors (Lipinski definition) is 0. The molecule has 0 amide bonds. The largest absolute Gasteiger partial charge is 0.247 e. The van der Waals surface area contributed by atoms with E-state index in [4.69, 9.17) is 0 Å². The van der Waals surface area contributed by atoms with Gasteiger partial charge < -0.3 is 0 Å². The van der Waals surface area contributed by atoms with Gasteiger partial charge >= 0.3 is 0 Å². The molecule has 0 fully saturated rings. The van der Waals surface area contributed by atoms with Crippen molar-refractivity contribution in [2.24, 2.45) is 0 Å². The molecule has 6 nitrogen and oxygen atoms in total. The third kappa shape index (κ3) is 6.59. The van der Waals surface area contributed by atoms with Gasteiger partial charge in [0.15, 0.2) is 0 Å². The van der Waals surface area contributed by atoms with Gasteiger partial charge in [-0.3, -0.25) is 0 Å². The minimum absolute atomic E-state index is 0. The Morgan fingerprint density at radius 1 is 0.760 bits per heavy atom. The van der Waals surface area contributed by atoms with Crippen molar-refractivity contribution in [3.8, 4) is 0 Å². The summed E-state index contributed by atoms with van der Waals surface area (Å²) >= 11 is 0. The smallest absolute Gasteiger partial charge is 0.0831 e. The van der Waals surface area contributed by atoms with Crippen LogP contribution in [-0.4, -0.2) is 30.0 Å². The van der Waals surface area contributed by atoms with E-state index in [0.29, 0.717) is 23.9 Å². The Bertz CT molecular complexity index is 570. The first-order chi connectivity index (χ1) is 10.7. The van der Waals surface area contributed by atoms with Crippen LogP contribution >= 0.6 is 0 Å². The molecule has 0 N–H and O–H groups in total. The average molecular weight is 353 g/mol. The maximum absolute atomic E-state index is 4.10. The zero-order chi connectivity index (χ0) is 17.7. The molecule has 0 atom stereocenters. The second-order valence-corrected chi connectivity index (χ2v) is 7.11. The van der Waals surface area contributed by atoms with E-state index in [1.165, 1.54) is 11.4 Å². The highest BCUT2D eigenvalue weighted by Crippen LogP contribution is 2.19. The first-order valence-corrected chi connectivity index (χ1v) is 8.48. The molecule has 2 aromatic rings. The maximum Gasteiger partial charge on any atom is 0.0831 e. The summed E-state index contributed by atoms with van der Waals surface area (Å²) in [7, 11) is 0. The first kappa shape index (κ1) is 25.5. The summed E-state index contributed by atoms with van der Waals surface area (Å²) in [5.41, 5.74) is 3.52. The van der Waals surface area contributed by atoms with Crippen molar-refractivity contribution < 1.29 is 0 Å². The summed E-state index contributed by atoms with van der Waals surface area (Å²) in [6.45, 7) is 19.1. The van der Waals surface area contributed by atoms with Crippen LogP contribution in [0.3, 0.4) is 0 Å². The zero-order valence-corrected chi connectivity index (χ0v) is 16.1. The van der Waals surface area contributed by atoms with Gasteiger partial charge in [0.2, 0.25) is 0 Å². The molecule has 0 aromatic carbocycles. The molecule has 0 aliphatic carbocycles. The molecule has 0 bridgehead atoms.